The number of amides is 1. The highest BCUT2D eigenvalue weighted by Gasteiger charge is 2.14. The topological polar surface area (TPSA) is 86.5 Å². The van der Waals surface area contributed by atoms with Crippen LogP contribution in [-0.2, 0) is 11.2 Å². The Morgan fingerprint density at radius 3 is 2.50 bits per heavy atom. The maximum Gasteiger partial charge on any atom is 0.247 e. The molecular weight excluding hydrogens is 382 g/mol. The second-order valence-electron chi connectivity index (χ2n) is 6.10. The van der Waals surface area contributed by atoms with Gasteiger partial charge in [0.1, 0.15) is 11.5 Å². The van der Waals surface area contributed by atoms with Gasteiger partial charge in [0.2, 0.25) is 17.7 Å². The number of anilines is 1. The number of ether oxygens (including phenoxy) is 2. The number of rotatable bonds is 7. The van der Waals surface area contributed by atoms with Gasteiger partial charge < -0.3 is 19.2 Å². The van der Waals surface area contributed by atoms with Crippen LogP contribution in [0.3, 0.4) is 0 Å². The van der Waals surface area contributed by atoms with Gasteiger partial charge in [-0.25, -0.2) is 0 Å². The van der Waals surface area contributed by atoms with Crippen molar-refractivity contribution in [1.82, 2.24) is 10.2 Å². The van der Waals surface area contributed by atoms with Crippen LogP contribution in [0.15, 0.2) is 40.8 Å². The Labute approximate surface area is 167 Å². The molecule has 0 fully saturated rings. The van der Waals surface area contributed by atoms with E-state index in [-0.39, 0.29) is 12.3 Å². The summed E-state index contributed by atoms with van der Waals surface area (Å²) in [5.74, 6) is 1.49. The van der Waals surface area contributed by atoms with Gasteiger partial charge in [0.05, 0.1) is 24.9 Å². The van der Waals surface area contributed by atoms with E-state index < -0.39 is 0 Å². The molecule has 0 aliphatic heterocycles. The van der Waals surface area contributed by atoms with Crippen molar-refractivity contribution in [2.75, 3.05) is 19.5 Å². The van der Waals surface area contributed by atoms with Gasteiger partial charge in [-0.05, 0) is 19.1 Å². The van der Waals surface area contributed by atoms with Gasteiger partial charge in [0.15, 0.2) is 0 Å². The summed E-state index contributed by atoms with van der Waals surface area (Å²) >= 11 is 6.07. The van der Waals surface area contributed by atoms with Crippen LogP contribution in [0.4, 0.5) is 5.69 Å². The molecule has 0 atom stereocenters. The largest absolute Gasteiger partial charge is 0.495 e. The van der Waals surface area contributed by atoms with Crippen LogP contribution >= 0.6 is 11.6 Å². The standard InChI is InChI=1S/C20H20ClN3O4/c1-12-4-6-13(7-5-12)20-24-23-19(28-20)9-8-18(25)22-15-11-16(26-2)14(21)10-17(15)27-3/h4-7,10-11H,8-9H2,1-3H3,(H,22,25). The molecule has 1 aromatic heterocycles. The zero-order valence-electron chi connectivity index (χ0n) is 15.8. The average Bonchev–Trinajstić information content (AvgIpc) is 3.17. The molecule has 0 saturated heterocycles. The van der Waals surface area contributed by atoms with Crippen molar-refractivity contribution in [3.05, 3.63) is 52.9 Å². The smallest absolute Gasteiger partial charge is 0.247 e. The number of aromatic nitrogens is 2. The van der Waals surface area contributed by atoms with Crippen molar-refractivity contribution in [2.45, 2.75) is 19.8 Å². The fourth-order valence-corrected chi connectivity index (χ4v) is 2.79. The fraction of sp³-hybridized carbons (Fsp3) is 0.250. The Bertz CT molecular complexity index is 970. The Balaban J connectivity index is 1.63. The zero-order chi connectivity index (χ0) is 20.1. The molecule has 0 aliphatic rings. The predicted molar refractivity (Wildman–Crippen MR) is 106 cm³/mol. The summed E-state index contributed by atoms with van der Waals surface area (Å²) in [6.07, 6.45) is 0.487. The van der Waals surface area contributed by atoms with Crippen molar-refractivity contribution in [3.63, 3.8) is 0 Å². The molecule has 2 aromatic carbocycles. The van der Waals surface area contributed by atoms with Gasteiger partial charge in [-0.1, -0.05) is 29.3 Å². The van der Waals surface area contributed by atoms with Crippen molar-refractivity contribution in [2.24, 2.45) is 0 Å². The Morgan fingerprint density at radius 2 is 1.82 bits per heavy atom. The van der Waals surface area contributed by atoms with Crippen molar-refractivity contribution < 1.29 is 18.7 Å². The third-order valence-electron chi connectivity index (χ3n) is 4.08. The van der Waals surface area contributed by atoms with Gasteiger partial charge in [0.25, 0.3) is 0 Å². The van der Waals surface area contributed by atoms with Crippen LogP contribution in [0.1, 0.15) is 17.9 Å². The molecule has 0 saturated carbocycles. The summed E-state index contributed by atoms with van der Waals surface area (Å²) in [4.78, 5) is 12.3. The molecule has 7 nitrogen and oxygen atoms in total. The first-order valence-electron chi connectivity index (χ1n) is 8.61. The van der Waals surface area contributed by atoms with Gasteiger partial charge in [-0.2, -0.15) is 0 Å². The van der Waals surface area contributed by atoms with Gasteiger partial charge in [-0.15, -0.1) is 10.2 Å². The zero-order valence-corrected chi connectivity index (χ0v) is 16.5. The highest BCUT2D eigenvalue weighted by molar-refractivity contribution is 6.32. The van der Waals surface area contributed by atoms with Crippen molar-refractivity contribution in [1.29, 1.82) is 0 Å². The molecule has 28 heavy (non-hydrogen) atoms. The van der Waals surface area contributed by atoms with Crippen LogP contribution in [0.5, 0.6) is 11.5 Å². The number of carbonyl (C=O) groups is 1. The molecule has 1 heterocycles. The highest BCUT2D eigenvalue weighted by atomic mass is 35.5. The minimum absolute atomic E-state index is 0.170. The molecule has 3 rings (SSSR count). The van der Waals surface area contributed by atoms with E-state index in [9.17, 15) is 4.79 Å². The lowest BCUT2D eigenvalue weighted by Gasteiger charge is -2.12. The number of hydrogen-bond acceptors (Lipinski definition) is 6. The van der Waals surface area contributed by atoms with E-state index in [1.54, 1.807) is 12.1 Å². The monoisotopic (exact) mass is 401 g/mol. The van der Waals surface area contributed by atoms with Crippen LogP contribution < -0.4 is 14.8 Å². The van der Waals surface area contributed by atoms with Gasteiger partial charge in [-0.3, -0.25) is 4.79 Å². The predicted octanol–water partition coefficient (Wildman–Crippen LogP) is 4.29. The molecule has 0 radical (unpaired) electrons. The van der Waals surface area contributed by atoms with Crippen molar-refractivity contribution >= 4 is 23.2 Å². The van der Waals surface area contributed by atoms with E-state index in [4.69, 9.17) is 25.5 Å². The number of nitrogens with zero attached hydrogens (tertiary/aromatic N) is 2. The molecule has 1 N–H and O–H groups in total. The maximum atomic E-state index is 12.3. The molecule has 0 unspecified atom stereocenters. The van der Waals surface area contributed by atoms with Crippen molar-refractivity contribution in [3.8, 4) is 23.0 Å². The molecule has 3 aromatic rings. The summed E-state index contributed by atoms with van der Waals surface area (Å²) in [6.45, 7) is 2.01. The third-order valence-corrected chi connectivity index (χ3v) is 4.37. The lowest BCUT2D eigenvalue weighted by Crippen LogP contribution is -2.13. The number of methoxy groups -OCH3 is 2. The van der Waals surface area contributed by atoms with E-state index >= 15 is 0 Å². The van der Waals surface area contributed by atoms with Crippen LogP contribution in [0, 0.1) is 6.92 Å². The highest BCUT2D eigenvalue weighted by Crippen LogP contribution is 2.35. The summed E-state index contributed by atoms with van der Waals surface area (Å²) in [5.41, 5.74) is 2.46. The fourth-order valence-electron chi connectivity index (χ4n) is 2.56. The van der Waals surface area contributed by atoms with Crippen LogP contribution in [0.2, 0.25) is 5.02 Å². The maximum absolute atomic E-state index is 12.3. The lowest BCUT2D eigenvalue weighted by atomic mass is 10.1. The second-order valence-corrected chi connectivity index (χ2v) is 6.51. The van der Waals surface area contributed by atoms with Crippen LogP contribution in [-0.4, -0.2) is 30.3 Å². The van der Waals surface area contributed by atoms with Gasteiger partial charge >= 0.3 is 0 Å². The van der Waals surface area contributed by atoms with E-state index in [2.05, 4.69) is 15.5 Å². The third kappa shape index (κ3) is 4.61. The number of halogens is 1. The molecular formula is C20H20ClN3O4. The first kappa shape index (κ1) is 19.7. The molecule has 1 amide bonds. The summed E-state index contributed by atoms with van der Waals surface area (Å²) < 4.78 is 16.1. The number of hydrogen-bond donors (Lipinski definition) is 1. The second kappa shape index (κ2) is 8.75. The molecule has 0 spiro atoms. The molecule has 8 heteroatoms. The average molecular weight is 402 g/mol. The molecule has 146 valence electrons. The number of nitrogens with one attached hydrogen (secondary N) is 1. The van der Waals surface area contributed by atoms with Crippen LogP contribution in [0.25, 0.3) is 11.5 Å². The quantitative estimate of drug-likeness (QED) is 0.635. The lowest BCUT2D eigenvalue weighted by molar-refractivity contribution is -0.116. The Hall–Kier alpha value is -3.06. The molecule has 0 bridgehead atoms. The van der Waals surface area contributed by atoms with E-state index in [0.717, 1.165) is 11.1 Å². The Morgan fingerprint density at radius 1 is 1.11 bits per heavy atom. The number of benzene rings is 2. The van der Waals surface area contributed by atoms with E-state index in [1.807, 2.05) is 31.2 Å². The number of carbonyl (C=O) groups excluding carboxylic acids is 1. The van der Waals surface area contributed by atoms with E-state index in [1.165, 1.54) is 14.2 Å². The minimum Gasteiger partial charge on any atom is -0.495 e. The normalized spacial score (nSPS) is 10.6. The Kier molecular flexibility index (Phi) is 6.16. The number of aryl methyl sites for hydroxylation is 2. The first-order chi connectivity index (χ1) is 13.5. The first-order valence-corrected chi connectivity index (χ1v) is 8.98. The minimum atomic E-state index is -0.224. The van der Waals surface area contributed by atoms with E-state index in [0.29, 0.717) is 40.4 Å². The van der Waals surface area contributed by atoms with Gasteiger partial charge in [0, 0.05) is 30.5 Å². The summed E-state index contributed by atoms with van der Waals surface area (Å²) in [6, 6.07) is 11.0. The molecule has 0 aliphatic carbocycles. The SMILES string of the molecule is COc1cc(NC(=O)CCc2nnc(-c3ccc(C)cc3)o2)c(OC)cc1Cl. The summed E-state index contributed by atoms with van der Waals surface area (Å²) in [7, 11) is 3.00. The summed E-state index contributed by atoms with van der Waals surface area (Å²) in [5, 5.41) is 11.2.